The smallest absolute Gasteiger partial charge is 0.132 e. The zero-order valence-corrected chi connectivity index (χ0v) is 15.2. The summed E-state index contributed by atoms with van der Waals surface area (Å²) in [6.07, 6.45) is 3.95. The number of halogens is 1. The van der Waals surface area contributed by atoms with Gasteiger partial charge >= 0.3 is 0 Å². The Morgan fingerprint density at radius 2 is 1.52 bits per heavy atom. The van der Waals surface area contributed by atoms with Crippen LogP contribution in [-0.2, 0) is 4.74 Å². The molecular weight excluding hydrogens is 334 g/mol. The molecule has 0 spiro atoms. The Hall–Kier alpha value is -1.78. The monoisotopic (exact) mass is 357 g/mol. The highest BCUT2D eigenvalue weighted by Crippen LogP contribution is 2.29. The zero-order valence-electron chi connectivity index (χ0n) is 14.5. The van der Waals surface area contributed by atoms with Crippen LogP contribution in [0.25, 0.3) is 11.1 Å². The highest BCUT2D eigenvalue weighted by atomic mass is 35.5. The van der Waals surface area contributed by atoms with Crippen LogP contribution in [-0.4, -0.2) is 44.4 Å². The summed E-state index contributed by atoms with van der Waals surface area (Å²) in [6.45, 7) is 5.55. The standard InChI is InChI=1S/C20H24ClN3O/c21-19-14-17(15-20(22-19)24-10-12-25-13-11-24)16-4-6-18(7-5-16)23-8-2-1-3-9-23/h4-7,14-15H,1-3,8-13H2. The van der Waals surface area contributed by atoms with Crippen molar-refractivity contribution in [3.8, 4) is 11.1 Å². The van der Waals surface area contributed by atoms with Crippen molar-refractivity contribution in [3.05, 3.63) is 41.6 Å². The first-order valence-electron chi connectivity index (χ1n) is 9.15. The summed E-state index contributed by atoms with van der Waals surface area (Å²) in [7, 11) is 0. The van der Waals surface area contributed by atoms with E-state index in [0.29, 0.717) is 5.15 Å². The molecule has 4 nitrogen and oxygen atoms in total. The third kappa shape index (κ3) is 3.91. The van der Waals surface area contributed by atoms with E-state index >= 15 is 0 Å². The molecule has 0 bridgehead atoms. The Bertz CT molecular complexity index is 707. The van der Waals surface area contributed by atoms with Gasteiger partial charge < -0.3 is 14.5 Å². The van der Waals surface area contributed by atoms with Gasteiger partial charge in [0.05, 0.1) is 13.2 Å². The molecule has 0 saturated carbocycles. The third-order valence-corrected chi connectivity index (χ3v) is 5.23. The molecular formula is C20H24ClN3O. The summed E-state index contributed by atoms with van der Waals surface area (Å²) in [5, 5.41) is 0.541. The number of pyridine rings is 1. The van der Waals surface area contributed by atoms with E-state index in [2.05, 4.69) is 45.1 Å². The molecule has 1 aromatic heterocycles. The predicted octanol–water partition coefficient (Wildman–Crippen LogP) is 4.23. The number of hydrogen-bond donors (Lipinski definition) is 0. The maximum Gasteiger partial charge on any atom is 0.132 e. The van der Waals surface area contributed by atoms with E-state index in [1.165, 1.54) is 43.6 Å². The number of piperidine rings is 1. The Kier molecular flexibility index (Phi) is 5.09. The average molecular weight is 358 g/mol. The summed E-state index contributed by atoms with van der Waals surface area (Å²) in [4.78, 5) is 9.22. The molecule has 25 heavy (non-hydrogen) atoms. The number of rotatable bonds is 3. The molecule has 0 unspecified atom stereocenters. The molecule has 0 aliphatic carbocycles. The lowest BCUT2D eigenvalue weighted by molar-refractivity contribution is 0.122. The van der Waals surface area contributed by atoms with Gasteiger partial charge in [0.25, 0.3) is 0 Å². The van der Waals surface area contributed by atoms with E-state index < -0.39 is 0 Å². The van der Waals surface area contributed by atoms with Gasteiger partial charge in [0.1, 0.15) is 11.0 Å². The SMILES string of the molecule is Clc1cc(-c2ccc(N3CCCCC3)cc2)cc(N2CCOCC2)n1. The quantitative estimate of drug-likeness (QED) is 0.769. The molecule has 2 fully saturated rings. The largest absolute Gasteiger partial charge is 0.378 e. The lowest BCUT2D eigenvalue weighted by Crippen LogP contribution is -2.36. The van der Waals surface area contributed by atoms with Crippen LogP contribution in [0.15, 0.2) is 36.4 Å². The van der Waals surface area contributed by atoms with E-state index in [9.17, 15) is 0 Å². The highest BCUT2D eigenvalue weighted by molar-refractivity contribution is 6.29. The van der Waals surface area contributed by atoms with Crippen LogP contribution in [0.1, 0.15) is 19.3 Å². The number of ether oxygens (including phenoxy) is 1. The molecule has 2 aliphatic heterocycles. The first kappa shape index (κ1) is 16.7. The Morgan fingerprint density at radius 3 is 2.24 bits per heavy atom. The molecule has 0 N–H and O–H groups in total. The van der Waals surface area contributed by atoms with Gasteiger partial charge in [0.2, 0.25) is 0 Å². The number of anilines is 2. The number of benzene rings is 1. The molecule has 2 aromatic rings. The first-order valence-corrected chi connectivity index (χ1v) is 9.53. The third-order valence-electron chi connectivity index (χ3n) is 5.04. The molecule has 1 aromatic carbocycles. The Morgan fingerprint density at radius 1 is 0.800 bits per heavy atom. The second-order valence-corrected chi connectivity index (χ2v) is 7.12. The van der Waals surface area contributed by atoms with Gasteiger partial charge in [-0.25, -0.2) is 4.98 Å². The van der Waals surface area contributed by atoms with E-state index in [1.54, 1.807) is 0 Å². The molecule has 0 amide bonds. The maximum absolute atomic E-state index is 6.29. The average Bonchev–Trinajstić information content (AvgIpc) is 2.69. The predicted molar refractivity (Wildman–Crippen MR) is 104 cm³/mol. The number of nitrogens with zero attached hydrogens (tertiary/aromatic N) is 3. The molecule has 2 aliphatic rings. The van der Waals surface area contributed by atoms with Crippen molar-refractivity contribution in [3.63, 3.8) is 0 Å². The molecule has 132 valence electrons. The van der Waals surface area contributed by atoms with Gasteiger partial charge in [-0.15, -0.1) is 0 Å². The minimum Gasteiger partial charge on any atom is -0.378 e. The molecule has 2 saturated heterocycles. The minimum atomic E-state index is 0.541. The Balaban J connectivity index is 1.57. The van der Waals surface area contributed by atoms with Crippen molar-refractivity contribution >= 4 is 23.1 Å². The summed E-state index contributed by atoms with van der Waals surface area (Å²) < 4.78 is 5.43. The maximum atomic E-state index is 6.29. The second kappa shape index (κ2) is 7.63. The van der Waals surface area contributed by atoms with Gasteiger partial charge in [0.15, 0.2) is 0 Å². The number of hydrogen-bond acceptors (Lipinski definition) is 4. The fourth-order valence-electron chi connectivity index (χ4n) is 3.62. The summed E-state index contributed by atoms with van der Waals surface area (Å²) in [5.41, 5.74) is 3.61. The normalized spacial score (nSPS) is 18.4. The number of aromatic nitrogens is 1. The van der Waals surface area contributed by atoms with Crippen molar-refractivity contribution in [1.29, 1.82) is 0 Å². The van der Waals surface area contributed by atoms with Crippen molar-refractivity contribution in [2.75, 3.05) is 49.2 Å². The zero-order chi connectivity index (χ0) is 17.1. The van der Waals surface area contributed by atoms with Gasteiger partial charge in [-0.1, -0.05) is 23.7 Å². The Labute approximate surface area is 154 Å². The van der Waals surface area contributed by atoms with E-state index in [1.807, 2.05) is 6.07 Å². The first-order chi connectivity index (χ1) is 12.3. The van der Waals surface area contributed by atoms with Crippen LogP contribution in [0.2, 0.25) is 5.15 Å². The van der Waals surface area contributed by atoms with Crippen LogP contribution >= 0.6 is 11.6 Å². The second-order valence-electron chi connectivity index (χ2n) is 6.73. The van der Waals surface area contributed by atoms with E-state index in [4.69, 9.17) is 16.3 Å². The summed E-state index contributed by atoms with van der Waals surface area (Å²) in [5.74, 6) is 0.936. The highest BCUT2D eigenvalue weighted by Gasteiger charge is 2.15. The van der Waals surface area contributed by atoms with Gasteiger partial charge in [-0.2, -0.15) is 0 Å². The number of morpholine rings is 1. The van der Waals surface area contributed by atoms with Crippen LogP contribution in [0.3, 0.4) is 0 Å². The molecule has 0 atom stereocenters. The van der Waals surface area contributed by atoms with E-state index in [-0.39, 0.29) is 0 Å². The molecule has 4 rings (SSSR count). The van der Waals surface area contributed by atoms with Crippen LogP contribution in [0.5, 0.6) is 0 Å². The lowest BCUT2D eigenvalue weighted by atomic mass is 10.0. The molecule has 3 heterocycles. The molecule has 5 heteroatoms. The fourth-order valence-corrected chi connectivity index (χ4v) is 3.83. The van der Waals surface area contributed by atoms with Gasteiger partial charge in [-0.3, -0.25) is 0 Å². The summed E-state index contributed by atoms with van der Waals surface area (Å²) in [6, 6.07) is 12.9. The molecule has 0 radical (unpaired) electrons. The van der Waals surface area contributed by atoms with Crippen LogP contribution < -0.4 is 9.80 Å². The summed E-state index contributed by atoms with van der Waals surface area (Å²) >= 11 is 6.29. The van der Waals surface area contributed by atoms with Crippen molar-refractivity contribution in [1.82, 2.24) is 4.98 Å². The van der Waals surface area contributed by atoms with Crippen LogP contribution in [0, 0.1) is 0 Å². The van der Waals surface area contributed by atoms with Crippen LogP contribution in [0.4, 0.5) is 11.5 Å². The van der Waals surface area contributed by atoms with Gasteiger partial charge in [-0.05, 0) is 54.7 Å². The van der Waals surface area contributed by atoms with Crippen molar-refractivity contribution in [2.45, 2.75) is 19.3 Å². The van der Waals surface area contributed by atoms with Gasteiger partial charge in [0, 0.05) is 31.9 Å². The lowest BCUT2D eigenvalue weighted by Gasteiger charge is -2.29. The minimum absolute atomic E-state index is 0.541. The topological polar surface area (TPSA) is 28.6 Å². The van der Waals surface area contributed by atoms with Crippen molar-refractivity contribution < 1.29 is 4.74 Å². The van der Waals surface area contributed by atoms with Crippen molar-refractivity contribution in [2.24, 2.45) is 0 Å². The van der Waals surface area contributed by atoms with E-state index in [0.717, 1.165) is 37.7 Å². The fraction of sp³-hybridized carbons (Fsp3) is 0.450.